The van der Waals surface area contributed by atoms with E-state index in [0.717, 1.165) is 11.3 Å². The van der Waals surface area contributed by atoms with Gasteiger partial charge in [0.2, 0.25) is 19.1 Å². The first kappa shape index (κ1) is 14.2. The molecule has 0 fully saturated rings. The molecular formula is C12H8ClN3O3S2. The predicted molar refractivity (Wildman–Crippen MR) is 79.5 cm³/mol. The smallest absolute Gasteiger partial charge is 0.266 e. The summed E-state index contributed by atoms with van der Waals surface area (Å²) in [5.74, 6) is -0.161. The average Bonchev–Trinajstić information content (AvgIpc) is 2.84. The summed E-state index contributed by atoms with van der Waals surface area (Å²) in [6.07, 6.45) is 1.25. The fourth-order valence-corrected chi connectivity index (χ4v) is 4.33. The fraction of sp³-hybridized carbons (Fsp3) is 0.0833. The Morgan fingerprint density at radius 1 is 1.24 bits per heavy atom. The number of halogens is 1. The van der Waals surface area contributed by atoms with Crippen molar-refractivity contribution in [1.29, 1.82) is 0 Å². The fourth-order valence-electron chi connectivity index (χ4n) is 1.72. The lowest BCUT2D eigenvalue weighted by Gasteiger charge is -1.99. The third-order valence-corrected chi connectivity index (χ3v) is 5.98. The van der Waals surface area contributed by atoms with Gasteiger partial charge in [-0.2, -0.15) is 4.98 Å². The van der Waals surface area contributed by atoms with Gasteiger partial charge in [-0.25, -0.2) is 12.9 Å². The third kappa shape index (κ3) is 2.82. The summed E-state index contributed by atoms with van der Waals surface area (Å²) >= 11 is 6.50. The molecule has 108 valence electrons. The van der Waals surface area contributed by atoms with E-state index in [1.165, 1.54) is 10.7 Å². The maximum Gasteiger partial charge on any atom is 0.292 e. The second-order valence-electron chi connectivity index (χ2n) is 4.23. The molecule has 0 aliphatic carbocycles. The molecule has 0 radical (unpaired) electrons. The van der Waals surface area contributed by atoms with Gasteiger partial charge in [-0.15, -0.1) is 5.10 Å². The zero-order chi connectivity index (χ0) is 15.0. The summed E-state index contributed by atoms with van der Waals surface area (Å²) in [7, 11) is -3.60. The van der Waals surface area contributed by atoms with Crippen LogP contribution in [-0.4, -0.2) is 23.0 Å². The Hall–Kier alpha value is -1.77. The quantitative estimate of drug-likeness (QED) is 0.725. The van der Waals surface area contributed by atoms with Gasteiger partial charge in [0, 0.05) is 0 Å². The molecule has 0 aliphatic rings. The molecular weight excluding hydrogens is 334 g/mol. The van der Waals surface area contributed by atoms with Gasteiger partial charge in [0.25, 0.3) is 5.56 Å². The second kappa shape index (κ2) is 5.21. The Kier molecular flexibility index (Phi) is 3.52. The van der Waals surface area contributed by atoms with Crippen molar-refractivity contribution in [3.8, 4) is 0 Å². The van der Waals surface area contributed by atoms with Crippen molar-refractivity contribution in [1.82, 2.24) is 14.6 Å². The minimum absolute atomic E-state index is 0.0967. The highest BCUT2D eigenvalue weighted by Crippen LogP contribution is 2.21. The van der Waals surface area contributed by atoms with Crippen molar-refractivity contribution in [2.75, 3.05) is 0 Å². The molecule has 0 bridgehead atoms. The zero-order valence-corrected chi connectivity index (χ0v) is 12.8. The number of benzene rings is 1. The summed E-state index contributed by atoms with van der Waals surface area (Å²) < 4.78 is 25.8. The Morgan fingerprint density at radius 2 is 1.95 bits per heavy atom. The number of rotatable bonds is 3. The van der Waals surface area contributed by atoms with Gasteiger partial charge in [-0.1, -0.05) is 53.3 Å². The Balaban J connectivity index is 2.05. The maximum absolute atomic E-state index is 12.3. The molecule has 1 aromatic carbocycles. The number of nitrogens with zero attached hydrogens (tertiary/aromatic N) is 3. The summed E-state index contributed by atoms with van der Waals surface area (Å²) in [6.45, 7) is 0. The van der Waals surface area contributed by atoms with Gasteiger partial charge in [0.05, 0.1) is 11.9 Å². The Bertz CT molecular complexity index is 964. The number of fused-ring (bicyclic) bond motifs is 1. The van der Waals surface area contributed by atoms with E-state index in [1.807, 2.05) is 6.07 Å². The Morgan fingerprint density at radius 3 is 2.67 bits per heavy atom. The number of hydrogen-bond acceptors (Lipinski definition) is 6. The van der Waals surface area contributed by atoms with Crippen LogP contribution in [0.3, 0.4) is 0 Å². The molecule has 0 spiro atoms. The van der Waals surface area contributed by atoms with E-state index in [9.17, 15) is 13.2 Å². The van der Waals surface area contributed by atoms with Crippen LogP contribution in [0.4, 0.5) is 0 Å². The topological polar surface area (TPSA) is 81.4 Å². The second-order valence-corrected chi connectivity index (χ2v) is 7.76. The number of aromatic nitrogens is 3. The van der Waals surface area contributed by atoms with Crippen molar-refractivity contribution in [2.45, 2.75) is 10.1 Å². The molecule has 3 rings (SSSR count). The van der Waals surface area contributed by atoms with Crippen LogP contribution in [-0.2, 0) is 15.6 Å². The zero-order valence-electron chi connectivity index (χ0n) is 10.4. The van der Waals surface area contributed by atoms with Gasteiger partial charge in [0.1, 0.15) is 5.02 Å². The molecule has 0 saturated heterocycles. The van der Waals surface area contributed by atoms with Gasteiger partial charge < -0.3 is 0 Å². The van der Waals surface area contributed by atoms with Crippen LogP contribution in [0.5, 0.6) is 0 Å². The summed E-state index contributed by atoms with van der Waals surface area (Å²) in [5, 5.41) is 3.84. The van der Waals surface area contributed by atoms with Crippen LogP contribution < -0.4 is 5.56 Å². The summed E-state index contributed by atoms with van der Waals surface area (Å²) in [6, 6.07) is 8.79. The van der Waals surface area contributed by atoms with Gasteiger partial charge in [0.15, 0.2) is 0 Å². The Labute approximate surface area is 128 Å². The first-order valence-electron chi connectivity index (χ1n) is 5.78. The van der Waals surface area contributed by atoms with Crippen LogP contribution in [0, 0.1) is 0 Å². The monoisotopic (exact) mass is 341 g/mol. The standard InChI is InChI=1S/C12H8ClN3O3S2/c13-9-6-16-11(14-10(9)17)20-12(15-16)21(18,19)7-8-4-2-1-3-5-8/h1-6H,7H2. The van der Waals surface area contributed by atoms with Crippen LogP contribution >= 0.6 is 22.9 Å². The first-order chi connectivity index (χ1) is 9.95. The highest BCUT2D eigenvalue weighted by Gasteiger charge is 2.21. The highest BCUT2D eigenvalue weighted by atomic mass is 35.5. The normalized spacial score (nSPS) is 11.9. The van der Waals surface area contributed by atoms with Crippen LogP contribution in [0.25, 0.3) is 4.96 Å². The summed E-state index contributed by atoms with van der Waals surface area (Å²) in [4.78, 5) is 15.2. The molecule has 0 amide bonds. The van der Waals surface area contributed by atoms with Crippen molar-refractivity contribution >= 4 is 37.7 Å². The highest BCUT2D eigenvalue weighted by molar-refractivity contribution is 7.92. The van der Waals surface area contributed by atoms with Gasteiger partial charge in [-0.05, 0) is 5.56 Å². The van der Waals surface area contributed by atoms with E-state index in [-0.39, 0.29) is 20.1 Å². The lowest BCUT2D eigenvalue weighted by atomic mass is 10.2. The van der Waals surface area contributed by atoms with Crippen LogP contribution in [0.15, 0.2) is 45.7 Å². The van der Waals surface area contributed by atoms with E-state index in [2.05, 4.69) is 10.1 Å². The number of hydrogen-bond donors (Lipinski definition) is 0. The molecule has 21 heavy (non-hydrogen) atoms. The summed E-state index contributed by atoms with van der Waals surface area (Å²) in [5.41, 5.74) is 0.0598. The van der Waals surface area contributed by atoms with Crippen molar-refractivity contribution in [3.05, 3.63) is 57.5 Å². The molecule has 0 saturated carbocycles. The molecule has 0 aliphatic heterocycles. The van der Waals surface area contributed by atoms with Crippen LogP contribution in [0.1, 0.15) is 5.56 Å². The lowest BCUT2D eigenvalue weighted by Crippen LogP contribution is -2.08. The molecule has 3 aromatic rings. The van der Waals surface area contributed by atoms with E-state index >= 15 is 0 Å². The lowest BCUT2D eigenvalue weighted by molar-refractivity contribution is 0.592. The SMILES string of the molecule is O=c1nc2sc(S(=O)(=O)Cc3ccccc3)nn2cc1Cl. The molecule has 0 unspecified atom stereocenters. The van der Waals surface area contributed by atoms with Crippen molar-refractivity contribution in [2.24, 2.45) is 0 Å². The molecule has 0 N–H and O–H groups in total. The molecule has 6 nitrogen and oxygen atoms in total. The van der Waals surface area contributed by atoms with E-state index in [1.54, 1.807) is 24.3 Å². The van der Waals surface area contributed by atoms with Gasteiger partial charge in [-0.3, -0.25) is 4.79 Å². The van der Waals surface area contributed by atoms with E-state index in [0.29, 0.717) is 5.56 Å². The first-order valence-corrected chi connectivity index (χ1v) is 8.63. The predicted octanol–water partition coefficient (Wildman–Crippen LogP) is 1.78. The largest absolute Gasteiger partial charge is 0.292 e. The number of sulfone groups is 1. The van der Waals surface area contributed by atoms with Crippen molar-refractivity contribution in [3.63, 3.8) is 0 Å². The molecule has 0 atom stereocenters. The van der Waals surface area contributed by atoms with Crippen molar-refractivity contribution < 1.29 is 8.42 Å². The van der Waals surface area contributed by atoms with E-state index in [4.69, 9.17) is 11.6 Å². The maximum atomic E-state index is 12.3. The minimum atomic E-state index is -3.60. The molecule has 2 heterocycles. The third-order valence-electron chi connectivity index (χ3n) is 2.67. The molecule has 2 aromatic heterocycles. The minimum Gasteiger partial charge on any atom is -0.266 e. The average molecular weight is 342 g/mol. The molecule has 9 heteroatoms. The van der Waals surface area contributed by atoms with E-state index < -0.39 is 15.4 Å². The van der Waals surface area contributed by atoms with Gasteiger partial charge >= 0.3 is 0 Å². The van der Waals surface area contributed by atoms with Crippen LogP contribution in [0.2, 0.25) is 5.02 Å².